The molecule has 6 heavy (non-hydrogen) atoms. The molecule has 0 fully saturated rings. The molecular formula is CHBFIS2. The van der Waals surface area contributed by atoms with E-state index in [9.17, 15) is 4.39 Å². The van der Waals surface area contributed by atoms with Crippen LogP contribution < -0.4 is 0 Å². The maximum absolute atomic E-state index is 11.6. The van der Waals surface area contributed by atoms with Crippen molar-refractivity contribution in [2.75, 3.05) is 0 Å². The summed E-state index contributed by atoms with van der Waals surface area (Å²) in [4.78, 5) is 0. The molecule has 0 bridgehead atoms. The van der Waals surface area contributed by atoms with Crippen LogP contribution in [0.4, 0.5) is 4.39 Å². The zero-order valence-corrected chi connectivity index (χ0v) is 6.52. The van der Waals surface area contributed by atoms with Crippen LogP contribution in [0.1, 0.15) is 0 Å². The first kappa shape index (κ1) is 7.16. The molecule has 0 aromatic carbocycles. The molecule has 1 unspecified atom stereocenters. The van der Waals surface area contributed by atoms with Crippen LogP contribution in [-0.2, 0) is 19.9 Å². The van der Waals surface area contributed by atoms with E-state index in [2.05, 4.69) is 11.2 Å². The second-order valence-electron chi connectivity index (χ2n) is 0.589. The van der Waals surface area contributed by atoms with E-state index in [0.717, 1.165) is 0 Å². The summed E-state index contributed by atoms with van der Waals surface area (Å²) >= 11 is 5.87. The van der Waals surface area contributed by atoms with Crippen molar-refractivity contribution in [1.29, 1.82) is 0 Å². The maximum atomic E-state index is 11.6. The summed E-state index contributed by atoms with van der Waals surface area (Å²) in [5.74, 6) is 0. The van der Waals surface area contributed by atoms with Crippen LogP contribution in [0.2, 0.25) is 0 Å². The molecule has 0 aromatic rings. The average molecular weight is 234 g/mol. The van der Waals surface area contributed by atoms with Gasteiger partial charge in [0.15, 0.2) is 0 Å². The van der Waals surface area contributed by atoms with Gasteiger partial charge in [-0.05, 0) is 0 Å². The van der Waals surface area contributed by atoms with Crippen LogP contribution in [0.15, 0.2) is 0 Å². The van der Waals surface area contributed by atoms with Gasteiger partial charge >= 0.3 is 56.9 Å². The van der Waals surface area contributed by atoms with Crippen molar-refractivity contribution in [1.82, 2.24) is 0 Å². The van der Waals surface area contributed by atoms with E-state index >= 15 is 0 Å². The molecule has 1 atom stereocenters. The van der Waals surface area contributed by atoms with Gasteiger partial charge in [-0.3, -0.25) is 0 Å². The molecule has 0 saturated carbocycles. The second-order valence-corrected chi connectivity index (χ2v) is 4.75. The van der Waals surface area contributed by atoms with Crippen molar-refractivity contribution >= 4 is 49.0 Å². The Hall–Kier alpha value is 1.16. The summed E-state index contributed by atoms with van der Waals surface area (Å²) in [7, 11) is -0.964. The normalized spacial score (nSPS) is 14.0. The molecule has 0 rings (SSSR count). The van der Waals surface area contributed by atoms with Gasteiger partial charge in [0, 0.05) is 0 Å². The molecule has 34 valence electrons. The topological polar surface area (TPSA) is 0 Å². The van der Waals surface area contributed by atoms with E-state index < -0.39 is 12.2 Å². The third-order valence-corrected chi connectivity index (χ3v) is 3.71. The van der Waals surface area contributed by atoms with E-state index in [0.29, 0.717) is 0 Å². The van der Waals surface area contributed by atoms with Crippen LogP contribution in [-0.4, -0.2) is 10.0 Å². The summed E-state index contributed by atoms with van der Waals surface area (Å²) < 4.78 is 10.5. The monoisotopic (exact) mass is 234 g/mol. The molecule has 0 heterocycles. The van der Waals surface area contributed by atoms with Crippen LogP contribution in [0.3, 0.4) is 0 Å². The standard InChI is InChI=1S/CHBFIS2/c2-6(5)1(3)4/h1H. The molecule has 0 aliphatic heterocycles. The molecule has 0 amide bonds. The fraction of sp³-hybridized carbons (Fsp3) is 1.00. The Morgan fingerprint density at radius 3 is 2.17 bits per heavy atom. The zero-order valence-electron chi connectivity index (χ0n) is 2.73. The van der Waals surface area contributed by atoms with E-state index in [1.807, 2.05) is 0 Å². The third kappa shape index (κ3) is 3.36. The minimum atomic E-state index is -1.06. The van der Waals surface area contributed by atoms with E-state index in [1.54, 1.807) is 22.6 Å². The molecule has 0 aliphatic carbocycles. The first-order valence-electron chi connectivity index (χ1n) is 1.07. The Morgan fingerprint density at radius 1 is 2.00 bits per heavy atom. The Balaban J connectivity index is 3.69. The third-order valence-electron chi connectivity index (χ3n) is 0.176. The SMILES string of the molecule is B#S(=S)C(F)I. The molecule has 0 nitrogen and oxygen atoms in total. The Kier molecular flexibility index (Phi) is 3.83. The predicted octanol–water partition coefficient (Wildman–Crippen LogP) is 0.838. The van der Waals surface area contributed by atoms with Crippen LogP contribution in [0.25, 0.3) is 0 Å². The number of rotatable bonds is 0. The van der Waals surface area contributed by atoms with Crippen molar-refractivity contribution < 1.29 is 4.39 Å². The van der Waals surface area contributed by atoms with Crippen LogP contribution in [0.5, 0.6) is 0 Å². The van der Waals surface area contributed by atoms with E-state index in [1.165, 1.54) is 0 Å². The van der Waals surface area contributed by atoms with Gasteiger partial charge in [-0.25, -0.2) is 0 Å². The van der Waals surface area contributed by atoms with Crippen molar-refractivity contribution in [2.45, 2.75) is 3.51 Å². The van der Waals surface area contributed by atoms with Crippen LogP contribution in [0, 0.1) is 0 Å². The molecule has 0 aromatic heterocycles. The molecule has 0 N–H and O–H groups in total. The van der Waals surface area contributed by atoms with Gasteiger partial charge in [0.05, 0.1) is 0 Å². The van der Waals surface area contributed by atoms with Gasteiger partial charge in [0.2, 0.25) is 0 Å². The summed E-state index contributed by atoms with van der Waals surface area (Å²) in [6.07, 6.45) is 0. The van der Waals surface area contributed by atoms with Gasteiger partial charge in [-0.2, -0.15) is 0 Å². The molecule has 0 aliphatic rings. The Labute approximate surface area is 56.7 Å². The quantitative estimate of drug-likeness (QED) is 0.340. The van der Waals surface area contributed by atoms with Crippen molar-refractivity contribution in [3.8, 4) is 0 Å². The molecule has 0 radical (unpaired) electrons. The average Bonchev–Trinajstić information content (AvgIpc) is 1.36. The first-order valence-corrected chi connectivity index (χ1v) is 4.60. The molecule has 0 spiro atoms. The Bertz CT molecular complexity index is 135. The fourth-order valence-electron chi connectivity index (χ4n) is 0. The Morgan fingerprint density at radius 2 is 2.17 bits per heavy atom. The minimum absolute atomic E-state index is 0.964. The summed E-state index contributed by atoms with van der Waals surface area (Å²) in [6.45, 7) is 4.90. The van der Waals surface area contributed by atoms with Crippen LogP contribution >= 0.6 is 22.6 Å². The van der Waals surface area contributed by atoms with Crippen molar-refractivity contribution in [3.63, 3.8) is 0 Å². The number of alkyl halides is 2. The number of halogens is 2. The first-order chi connectivity index (χ1) is 2.64. The summed E-state index contributed by atoms with van der Waals surface area (Å²) in [5, 5.41) is 0. The second kappa shape index (κ2) is 3.20. The molecular weight excluding hydrogens is 233 g/mol. The molecule has 5 heteroatoms. The van der Waals surface area contributed by atoms with Gasteiger partial charge in [-0.1, -0.05) is 0 Å². The van der Waals surface area contributed by atoms with E-state index in [-0.39, 0.29) is 0 Å². The fourth-order valence-corrected chi connectivity index (χ4v) is 0. The van der Waals surface area contributed by atoms with Gasteiger partial charge in [0.1, 0.15) is 0 Å². The van der Waals surface area contributed by atoms with Gasteiger partial charge in [0.25, 0.3) is 0 Å². The zero-order chi connectivity index (χ0) is 5.15. The predicted molar refractivity (Wildman–Crippen MR) is 39.4 cm³/mol. The van der Waals surface area contributed by atoms with E-state index in [4.69, 9.17) is 6.53 Å². The summed E-state index contributed by atoms with van der Waals surface area (Å²) in [5.41, 5.74) is 0. The van der Waals surface area contributed by atoms with Crippen molar-refractivity contribution in [3.05, 3.63) is 0 Å². The number of hydrogen-bond donors (Lipinski definition) is 0. The van der Waals surface area contributed by atoms with Gasteiger partial charge < -0.3 is 0 Å². The van der Waals surface area contributed by atoms with Gasteiger partial charge in [-0.15, -0.1) is 0 Å². The molecule has 0 saturated heterocycles. The number of hydrogen-bond acceptors (Lipinski definition) is 1. The van der Waals surface area contributed by atoms with Crippen molar-refractivity contribution in [2.24, 2.45) is 0 Å². The summed E-state index contributed by atoms with van der Waals surface area (Å²) in [6, 6.07) is 0.